The zero-order chi connectivity index (χ0) is 23.8. The van der Waals surface area contributed by atoms with Crippen LogP contribution in [0.5, 0.6) is 0 Å². The second-order valence-electron chi connectivity index (χ2n) is 7.25. The fraction of sp³-hybridized carbons (Fsp3) is 0. The molecule has 0 aliphatic rings. The summed E-state index contributed by atoms with van der Waals surface area (Å²) in [5, 5.41) is 0.711. The van der Waals surface area contributed by atoms with Crippen LogP contribution >= 0.6 is 0 Å². The molecule has 0 fully saturated rings. The third-order valence-corrected chi connectivity index (χ3v) is 8.14. The molecule has 0 aliphatic carbocycles. The maximum absolute atomic E-state index is 13.0. The van der Waals surface area contributed by atoms with Crippen molar-refractivity contribution in [3.63, 3.8) is 0 Å². The number of rotatable bonds is 6. The summed E-state index contributed by atoms with van der Waals surface area (Å²) in [5.41, 5.74) is 1.17. The first kappa shape index (κ1) is 21.7. The molecular weight excluding hydrogens is 474 g/mol. The summed E-state index contributed by atoms with van der Waals surface area (Å²) in [6.07, 6.45) is 7.02. The Morgan fingerprint density at radius 2 is 1.53 bits per heavy atom. The summed E-state index contributed by atoms with van der Waals surface area (Å²) >= 11 is 0. The van der Waals surface area contributed by atoms with Crippen LogP contribution in [0.1, 0.15) is 0 Å². The molecule has 9 nitrogen and oxygen atoms in total. The van der Waals surface area contributed by atoms with Gasteiger partial charge < -0.3 is 0 Å². The summed E-state index contributed by atoms with van der Waals surface area (Å²) < 4.78 is 55.6. The van der Waals surface area contributed by atoms with Crippen LogP contribution in [0, 0.1) is 0 Å². The van der Waals surface area contributed by atoms with Gasteiger partial charge in [0.15, 0.2) is 5.82 Å². The molecule has 170 valence electrons. The minimum Gasteiger partial charge on any atom is -0.280 e. The number of hydrogen-bond acceptors (Lipinski definition) is 7. The number of hydrogen-bond donors (Lipinski definition) is 1. The van der Waals surface area contributed by atoms with Gasteiger partial charge >= 0.3 is 0 Å². The molecule has 0 bridgehead atoms. The Balaban J connectivity index is 1.45. The second kappa shape index (κ2) is 8.36. The first-order valence-electron chi connectivity index (χ1n) is 10.0. The smallest absolute Gasteiger partial charge is 0.270 e. The van der Waals surface area contributed by atoms with Crippen LogP contribution in [-0.2, 0) is 20.0 Å². The van der Waals surface area contributed by atoms with E-state index in [1.807, 2.05) is 0 Å². The Bertz CT molecular complexity index is 1690. The highest BCUT2D eigenvalue weighted by molar-refractivity contribution is 7.93. The van der Waals surface area contributed by atoms with Gasteiger partial charge in [0.05, 0.1) is 5.52 Å². The number of para-hydroxylation sites is 1. The molecule has 0 spiro atoms. The number of aromatic nitrogens is 4. The molecular formula is C23H17N5O4S2. The highest BCUT2D eigenvalue weighted by atomic mass is 32.2. The molecule has 5 aromatic rings. The van der Waals surface area contributed by atoms with Crippen molar-refractivity contribution < 1.29 is 16.8 Å². The number of imidazole rings is 1. The van der Waals surface area contributed by atoms with Crippen molar-refractivity contribution in [2.45, 2.75) is 9.79 Å². The van der Waals surface area contributed by atoms with E-state index in [4.69, 9.17) is 0 Å². The average Bonchev–Trinajstić information content (AvgIpc) is 3.35. The number of sulfonamides is 1. The van der Waals surface area contributed by atoms with Crippen LogP contribution in [0.15, 0.2) is 108 Å². The highest BCUT2D eigenvalue weighted by Gasteiger charge is 2.22. The minimum atomic E-state index is -3.91. The van der Waals surface area contributed by atoms with Crippen LogP contribution in [0.25, 0.3) is 22.3 Å². The van der Waals surface area contributed by atoms with E-state index in [0.29, 0.717) is 22.2 Å². The lowest BCUT2D eigenvalue weighted by atomic mass is 10.2. The molecule has 0 amide bonds. The maximum Gasteiger partial charge on any atom is 0.270 e. The normalized spacial score (nSPS) is 12.0. The molecule has 1 N–H and O–H groups in total. The van der Waals surface area contributed by atoms with Crippen LogP contribution < -0.4 is 4.72 Å². The lowest BCUT2D eigenvalue weighted by Gasteiger charge is -2.11. The molecule has 3 aromatic heterocycles. The van der Waals surface area contributed by atoms with Crippen molar-refractivity contribution in [2.75, 3.05) is 4.72 Å². The van der Waals surface area contributed by atoms with E-state index in [9.17, 15) is 16.8 Å². The molecule has 11 heteroatoms. The first-order valence-corrected chi connectivity index (χ1v) is 12.9. The van der Waals surface area contributed by atoms with Crippen molar-refractivity contribution >= 4 is 36.6 Å². The van der Waals surface area contributed by atoms with Gasteiger partial charge in [-0.25, -0.2) is 25.8 Å². The maximum atomic E-state index is 13.0. The van der Waals surface area contributed by atoms with E-state index in [-0.39, 0.29) is 15.6 Å². The topological polar surface area (TPSA) is 124 Å². The molecule has 34 heavy (non-hydrogen) atoms. The standard InChI is InChI=1S/C23H17N5O4S2/c29-33(30,21-7-1-4-17-5-2-13-25-22(17)21)27-19-10-8-18(9-11-19)23-26-14-15-28(23)34(31,32)20-6-3-12-24-16-20/h1-16,27H. The summed E-state index contributed by atoms with van der Waals surface area (Å²) in [7, 11) is -7.81. The third kappa shape index (κ3) is 3.91. The zero-order valence-electron chi connectivity index (χ0n) is 17.5. The number of pyridine rings is 2. The lowest BCUT2D eigenvalue weighted by molar-refractivity contribution is 0.587. The molecule has 0 aliphatic heterocycles. The molecule has 2 aromatic carbocycles. The van der Waals surface area contributed by atoms with Gasteiger partial charge in [0.25, 0.3) is 20.0 Å². The molecule has 5 rings (SSSR count). The van der Waals surface area contributed by atoms with Gasteiger partial charge in [-0.3, -0.25) is 14.7 Å². The third-order valence-electron chi connectivity index (χ3n) is 5.08. The Kier molecular flexibility index (Phi) is 5.34. The summed E-state index contributed by atoms with van der Waals surface area (Å²) in [4.78, 5) is 12.3. The van der Waals surface area contributed by atoms with Gasteiger partial charge in [-0.05, 0) is 48.5 Å². The Morgan fingerprint density at radius 1 is 0.765 bits per heavy atom. The SMILES string of the molecule is O=S(=O)(Nc1ccc(-c2nccn2S(=O)(=O)c2cccnc2)cc1)c1cccc2cccnc12. The molecule has 0 atom stereocenters. The Labute approximate surface area is 195 Å². The Hall–Kier alpha value is -4.09. The van der Waals surface area contributed by atoms with Crippen LogP contribution in [0.4, 0.5) is 5.69 Å². The highest BCUT2D eigenvalue weighted by Crippen LogP contribution is 2.26. The number of nitrogens with zero attached hydrogens (tertiary/aromatic N) is 4. The summed E-state index contributed by atoms with van der Waals surface area (Å²) in [6, 6.07) is 17.7. The number of benzene rings is 2. The van der Waals surface area contributed by atoms with Crippen molar-refractivity contribution in [1.82, 2.24) is 18.9 Å². The molecule has 0 unspecified atom stereocenters. The van der Waals surface area contributed by atoms with Crippen molar-refractivity contribution in [1.29, 1.82) is 0 Å². The van der Waals surface area contributed by atoms with Crippen molar-refractivity contribution in [3.8, 4) is 11.4 Å². The quantitative estimate of drug-likeness (QED) is 0.385. The number of anilines is 1. The molecule has 0 radical (unpaired) electrons. The van der Waals surface area contributed by atoms with Gasteiger partial charge in [-0.2, -0.15) is 0 Å². The summed E-state index contributed by atoms with van der Waals surface area (Å²) in [6.45, 7) is 0. The fourth-order valence-electron chi connectivity index (χ4n) is 3.49. The fourth-order valence-corrected chi connectivity index (χ4v) is 6.00. The minimum absolute atomic E-state index is 0.0299. The van der Waals surface area contributed by atoms with E-state index in [2.05, 4.69) is 19.7 Å². The first-order chi connectivity index (χ1) is 16.4. The summed E-state index contributed by atoms with van der Waals surface area (Å²) in [5.74, 6) is 0.191. The van der Waals surface area contributed by atoms with Gasteiger partial charge in [0.1, 0.15) is 9.79 Å². The largest absolute Gasteiger partial charge is 0.280 e. The van der Waals surface area contributed by atoms with E-state index in [1.165, 1.54) is 49.2 Å². The van der Waals surface area contributed by atoms with E-state index < -0.39 is 20.0 Å². The molecule has 3 heterocycles. The van der Waals surface area contributed by atoms with Gasteiger partial charge in [-0.1, -0.05) is 18.2 Å². The number of nitrogens with one attached hydrogen (secondary N) is 1. The van der Waals surface area contributed by atoms with Crippen molar-refractivity contribution in [3.05, 3.63) is 97.7 Å². The van der Waals surface area contributed by atoms with Gasteiger partial charge in [0, 0.05) is 47.6 Å². The molecule has 0 saturated heterocycles. The monoisotopic (exact) mass is 491 g/mol. The van der Waals surface area contributed by atoms with Gasteiger partial charge in [-0.15, -0.1) is 0 Å². The predicted octanol–water partition coefficient (Wildman–Crippen LogP) is 3.53. The number of fused-ring (bicyclic) bond motifs is 1. The van der Waals surface area contributed by atoms with Crippen molar-refractivity contribution in [2.24, 2.45) is 0 Å². The second-order valence-corrected chi connectivity index (χ2v) is 10.7. The van der Waals surface area contributed by atoms with E-state index in [0.717, 1.165) is 3.97 Å². The van der Waals surface area contributed by atoms with Crippen LogP contribution in [0.2, 0.25) is 0 Å². The van der Waals surface area contributed by atoms with Gasteiger partial charge in [0.2, 0.25) is 0 Å². The average molecular weight is 492 g/mol. The van der Waals surface area contributed by atoms with Crippen LogP contribution in [-0.4, -0.2) is 35.8 Å². The van der Waals surface area contributed by atoms with E-state index >= 15 is 0 Å². The van der Waals surface area contributed by atoms with Crippen LogP contribution in [0.3, 0.4) is 0 Å². The van der Waals surface area contributed by atoms with E-state index in [1.54, 1.807) is 48.5 Å². The zero-order valence-corrected chi connectivity index (χ0v) is 19.1. The molecule has 0 saturated carbocycles. The Morgan fingerprint density at radius 3 is 2.29 bits per heavy atom. The lowest BCUT2D eigenvalue weighted by Crippen LogP contribution is -2.14. The predicted molar refractivity (Wildman–Crippen MR) is 127 cm³/mol.